The van der Waals surface area contributed by atoms with Gasteiger partial charge in [0.2, 0.25) is 0 Å². The Balaban J connectivity index is 1.55. The molecule has 0 heterocycles. The van der Waals surface area contributed by atoms with Crippen molar-refractivity contribution in [3.8, 4) is 11.1 Å². The minimum atomic E-state index is -0.0202. The molecule has 0 aromatic heterocycles. The van der Waals surface area contributed by atoms with Crippen LogP contribution in [0.4, 0.5) is 17.1 Å². The van der Waals surface area contributed by atoms with Crippen molar-refractivity contribution in [3.63, 3.8) is 0 Å². The Morgan fingerprint density at radius 2 is 1.09 bits per heavy atom. The molecule has 0 radical (unpaired) electrons. The molecule has 1 aliphatic carbocycles. The van der Waals surface area contributed by atoms with E-state index in [9.17, 15) is 0 Å². The number of rotatable bonds is 3. The summed E-state index contributed by atoms with van der Waals surface area (Å²) in [5.74, 6) is 0. The molecule has 0 saturated carbocycles. The van der Waals surface area contributed by atoms with Crippen molar-refractivity contribution < 1.29 is 0 Å². The molecule has 0 amide bonds. The van der Waals surface area contributed by atoms with Crippen LogP contribution in [0.15, 0.2) is 115 Å². The number of anilines is 3. The predicted octanol–water partition coefficient (Wildman–Crippen LogP) is 8.62. The largest absolute Gasteiger partial charge is 0.310 e. The van der Waals surface area contributed by atoms with Crippen LogP contribution in [0.25, 0.3) is 21.9 Å². The molecule has 1 nitrogen and oxygen atoms in total. The van der Waals surface area contributed by atoms with Crippen molar-refractivity contribution >= 4 is 27.8 Å². The van der Waals surface area contributed by atoms with Crippen molar-refractivity contribution in [2.75, 3.05) is 4.90 Å². The molecule has 1 heteroatoms. The molecule has 5 aromatic carbocycles. The Hall–Kier alpha value is -3.84. The minimum Gasteiger partial charge on any atom is -0.310 e. The zero-order valence-corrected chi connectivity index (χ0v) is 18.4. The second kappa shape index (κ2) is 7.10. The standard InChI is InChI=1S/C31H25N/c1-31(2)29-15-9-8-14-27(29)28-19-18-26(21-30(28)31)32(24-12-4-3-5-13-24)25-17-16-22-10-6-7-11-23(22)20-25/h3-21H,1-2H3. The summed E-state index contributed by atoms with van der Waals surface area (Å²) in [5.41, 5.74) is 9.00. The van der Waals surface area contributed by atoms with Gasteiger partial charge in [-0.15, -0.1) is 0 Å². The van der Waals surface area contributed by atoms with E-state index in [2.05, 4.69) is 134 Å². The monoisotopic (exact) mass is 411 g/mol. The molecule has 0 fully saturated rings. The molecule has 0 bridgehead atoms. The first kappa shape index (κ1) is 18.9. The highest BCUT2D eigenvalue weighted by Gasteiger charge is 2.35. The number of nitrogens with zero attached hydrogens (tertiary/aromatic N) is 1. The van der Waals surface area contributed by atoms with Gasteiger partial charge in [0.05, 0.1) is 0 Å². The summed E-state index contributed by atoms with van der Waals surface area (Å²) in [5, 5.41) is 2.51. The van der Waals surface area contributed by atoms with E-state index in [4.69, 9.17) is 0 Å². The molecule has 5 aromatic rings. The number of fused-ring (bicyclic) bond motifs is 4. The highest BCUT2D eigenvalue weighted by Crippen LogP contribution is 2.50. The SMILES string of the molecule is CC1(C)c2ccccc2-c2ccc(N(c3ccccc3)c3ccc4ccccc4c3)cc21. The molecular formula is C31H25N. The maximum absolute atomic E-state index is 2.39. The molecule has 0 aliphatic heterocycles. The van der Waals surface area contributed by atoms with Crippen molar-refractivity contribution in [1.82, 2.24) is 0 Å². The van der Waals surface area contributed by atoms with E-state index in [0.717, 1.165) is 5.69 Å². The fourth-order valence-electron chi connectivity index (χ4n) is 5.17. The first-order valence-electron chi connectivity index (χ1n) is 11.2. The Kier molecular flexibility index (Phi) is 4.19. The normalized spacial score (nSPS) is 13.6. The van der Waals surface area contributed by atoms with Crippen molar-refractivity contribution in [2.24, 2.45) is 0 Å². The fourth-order valence-corrected chi connectivity index (χ4v) is 5.17. The van der Waals surface area contributed by atoms with Crippen LogP contribution in [0.3, 0.4) is 0 Å². The number of hydrogen-bond acceptors (Lipinski definition) is 1. The van der Waals surface area contributed by atoms with Crippen LogP contribution in [0.1, 0.15) is 25.0 Å². The lowest BCUT2D eigenvalue weighted by molar-refractivity contribution is 0.660. The van der Waals surface area contributed by atoms with Crippen LogP contribution in [-0.2, 0) is 5.41 Å². The molecule has 0 N–H and O–H groups in total. The Bertz CT molecular complexity index is 1450. The van der Waals surface area contributed by atoms with Crippen molar-refractivity contribution in [3.05, 3.63) is 126 Å². The summed E-state index contributed by atoms with van der Waals surface area (Å²) in [6.07, 6.45) is 0. The average Bonchev–Trinajstić information content (AvgIpc) is 3.07. The number of para-hydroxylation sites is 1. The maximum atomic E-state index is 2.39. The molecule has 32 heavy (non-hydrogen) atoms. The lowest BCUT2D eigenvalue weighted by Gasteiger charge is -2.28. The molecule has 0 spiro atoms. The maximum Gasteiger partial charge on any atom is 0.0468 e. The van der Waals surface area contributed by atoms with E-state index in [1.54, 1.807) is 0 Å². The van der Waals surface area contributed by atoms with Gasteiger partial charge in [0.15, 0.2) is 0 Å². The van der Waals surface area contributed by atoms with Gasteiger partial charge in [0.1, 0.15) is 0 Å². The van der Waals surface area contributed by atoms with Crippen molar-refractivity contribution in [2.45, 2.75) is 19.3 Å². The summed E-state index contributed by atoms with van der Waals surface area (Å²) in [6.45, 7) is 4.68. The minimum absolute atomic E-state index is 0.0202. The molecule has 0 unspecified atom stereocenters. The van der Waals surface area contributed by atoms with Crippen molar-refractivity contribution in [1.29, 1.82) is 0 Å². The van der Waals surface area contributed by atoms with E-state index >= 15 is 0 Å². The lowest BCUT2D eigenvalue weighted by Crippen LogP contribution is -2.16. The number of hydrogen-bond donors (Lipinski definition) is 0. The summed E-state index contributed by atoms with van der Waals surface area (Å²) in [7, 11) is 0. The first-order chi connectivity index (χ1) is 15.6. The molecule has 0 saturated heterocycles. The Morgan fingerprint density at radius 1 is 0.469 bits per heavy atom. The van der Waals surface area contributed by atoms with E-state index < -0.39 is 0 Å². The van der Waals surface area contributed by atoms with Gasteiger partial charge in [-0.1, -0.05) is 92.7 Å². The third-order valence-corrected chi connectivity index (χ3v) is 6.83. The third kappa shape index (κ3) is 2.85. The van der Waals surface area contributed by atoms with E-state index in [0.29, 0.717) is 0 Å². The van der Waals surface area contributed by atoms with E-state index in [-0.39, 0.29) is 5.41 Å². The topological polar surface area (TPSA) is 3.24 Å². The quantitative estimate of drug-likeness (QED) is 0.287. The molecule has 0 atom stereocenters. The van der Waals surface area contributed by atoms with Crippen LogP contribution in [0.2, 0.25) is 0 Å². The van der Waals surface area contributed by atoms with Gasteiger partial charge >= 0.3 is 0 Å². The van der Waals surface area contributed by atoms with E-state index in [1.807, 2.05) is 0 Å². The van der Waals surface area contributed by atoms with Crippen LogP contribution >= 0.6 is 0 Å². The third-order valence-electron chi connectivity index (χ3n) is 6.83. The van der Waals surface area contributed by atoms with Gasteiger partial charge in [-0.2, -0.15) is 0 Å². The van der Waals surface area contributed by atoms with Gasteiger partial charge in [-0.05, 0) is 69.4 Å². The van der Waals surface area contributed by atoms with Crippen LogP contribution in [0, 0.1) is 0 Å². The van der Waals surface area contributed by atoms with E-state index in [1.165, 1.54) is 44.4 Å². The molecule has 6 rings (SSSR count). The first-order valence-corrected chi connectivity index (χ1v) is 11.2. The second-order valence-electron chi connectivity index (χ2n) is 9.10. The van der Waals surface area contributed by atoms with Gasteiger partial charge in [-0.3, -0.25) is 0 Å². The fraction of sp³-hybridized carbons (Fsp3) is 0.0968. The predicted molar refractivity (Wildman–Crippen MR) is 136 cm³/mol. The average molecular weight is 412 g/mol. The van der Waals surface area contributed by atoms with Gasteiger partial charge < -0.3 is 4.90 Å². The zero-order valence-electron chi connectivity index (χ0n) is 18.4. The van der Waals surface area contributed by atoms with Gasteiger partial charge in [0, 0.05) is 22.5 Å². The van der Waals surface area contributed by atoms with Gasteiger partial charge in [0.25, 0.3) is 0 Å². The lowest BCUT2D eigenvalue weighted by atomic mass is 9.82. The van der Waals surface area contributed by atoms with Crippen LogP contribution < -0.4 is 4.90 Å². The zero-order chi connectivity index (χ0) is 21.7. The summed E-state index contributed by atoms with van der Waals surface area (Å²) >= 11 is 0. The Morgan fingerprint density at radius 3 is 1.94 bits per heavy atom. The second-order valence-corrected chi connectivity index (χ2v) is 9.10. The smallest absolute Gasteiger partial charge is 0.0468 e. The Labute approximate surface area is 189 Å². The molecule has 154 valence electrons. The summed E-state index contributed by atoms with van der Waals surface area (Å²) in [4.78, 5) is 2.37. The van der Waals surface area contributed by atoms with Crippen LogP contribution in [-0.4, -0.2) is 0 Å². The summed E-state index contributed by atoms with van der Waals surface area (Å²) in [6, 6.07) is 41.7. The van der Waals surface area contributed by atoms with Crippen LogP contribution in [0.5, 0.6) is 0 Å². The molecular weight excluding hydrogens is 386 g/mol. The van der Waals surface area contributed by atoms with Gasteiger partial charge in [-0.25, -0.2) is 0 Å². The molecule has 1 aliphatic rings. The number of benzene rings is 5. The summed E-state index contributed by atoms with van der Waals surface area (Å²) < 4.78 is 0. The highest BCUT2D eigenvalue weighted by molar-refractivity contribution is 5.90. The highest BCUT2D eigenvalue weighted by atomic mass is 15.1.